The van der Waals surface area contributed by atoms with Gasteiger partial charge in [-0.25, -0.2) is 4.79 Å². The van der Waals surface area contributed by atoms with Crippen molar-refractivity contribution in [1.82, 2.24) is 0 Å². The molecular weight excluding hydrogens is 492 g/mol. The first-order chi connectivity index (χ1) is 17.9. The standard InChI is InChI=1S/C29H30O7S/c1-19-13-15-23(16-14-19)37-29-27(36-28(32)22-11-7-4-8-12-22)26(34-17-21-9-5-3-6-10-21)25(31)24(35-29)18-33-20(2)30/h3-16,24-27,29,31H,17-18H2,1-2H3/t24?,25-,26?,27?,29+/m1/s1. The number of esters is 2. The summed E-state index contributed by atoms with van der Waals surface area (Å²) in [6.45, 7) is 3.31. The molecule has 194 valence electrons. The number of carbonyl (C=O) groups excluding carboxylic acids is 2. The lowest BCUT2D eigenvalue weighted by Gasteiger charge is -2.43. The maximum atomic E-state index is 13.1. The number of carbonyl (C=O) groups is 2. The summed E-state index contributed by atoms with van der Waals surface area (Å²) in [5.41, 5.74) is 1.64. The van der Waals surface area contributed by atoms with Crippen molar-refractivity contribution in [3.05, 3.63) is 102 Å². The molecule has 1 N–H and O–H groups in total. The molecule has 0 aromatic heterocycles. The van der Waals surface area contributed by atoms with Crippen molar-refractivity contribution in [3.63, 3.8) is 0 Å². The number of hydrogen-bond donors (Lipinski definition) is 1. The molecule has 0 saturated carbocycles. The minimum Gasteiger partial charge on any atom is -0.463 e. The van der Waals surface area contributed by atoms with E-state index >= 15 is 0 Å². The number of thioether (sulfide) groups is 1. The van der Waals surface area contributed by atoms with Crippen molar-refractivity contribution < 1.29 is 33.6 Å². The molecule has 1 heterocycles. The van der Waals surface area contributed by atoms with Crippen LogP contribution in [0.15, 0.2) is 89.8 Å². The highest BCUT2D eigenvalue weighted by atomic mass is 32.2. The summed E-state index contributed by atoms with van der Waals surface area (Å²) >= 11 is 1.35. The Morgan fingerprint density at radius 2 is 1.57 bits per heavy atom. The maximum absolute atomic E-state index is 13.1. The topological polar surface area (TPSA) is 91.3 Å². The molecule has 0 radical (unpaired) electrons. The Hall–Kier alpha value is -3.17. The smallest absolute Gasteiger partial charge is 0.338 e. The van der Waals surface area contributed by atoms with Crippen LogP contribution in [0.5, 0.6) is 0 Å². The van der Waals surface area contributed by atoms with Gasteiger partial charge in [-0.1, -0.05) is 78.0 Å². The molecule has 37 heavy (non-hydrogen) atoms. The Bertz CT molecular complexity index is 1150. The summed E-state index contributed by atoms with van der Waals surface area (Å²) in [4.78, 5) is 25.5. The van der Waals surface area contributed by atoms with Crippen molar-refractivity contribution in [2.45, 2.75) is 55.2 Å². The summed E-state index contributed by atoms with van der Waals surface area (Å²) in [6, 6.07) is 26.0. The van der Waals surface area contributed by atoms with E-state index in [1.807, 2.05) is 67.6 Å². The number of aliphatic hydroxyl groups excluding tert-OH is 1. The number of hydrogen-bond acceptors (Lipinski definition) is 8. The van der Waals surface area contributed by atoms with Crippen LogP contribution in [0.4, 0.5) is 0 Å². The Morgan fingerprint density at radius 3 is 2.22 bits per heavy atom. The summed E-state index contributed by atoms with van der Waals surface area (Å²) < 4.78 is 23.5. The van der Waals surface area contributed by atoms with E-state index in [-0.39, 0.29) is 13.2 Å². The maximum Gasteiger partial charge on any atom is 0.338 e. The molecule has 1 aliphatic rings. The normalized spacial score (nSPS) is 23.3. The van der Waals surface area contributed by atoms with Gasteiger partial charge in [-0.3, -0.25) is 4.79 Å². The van der Waals surface area contributed by atoms with Crippen molar-refractivity contribution in [3.8, 4) is 0 Å². The molecule has 0 aliphatic carbocycles. The third-order valence-electron chi connectivity index (χ3n) is 5.88. The predicted molar refractivity (Wildman–Crippen MR) is 139 cm³/mol. The van der Waals surface area contributed by atoms with E-state index in [0.29, 0.717) is 5.56 Å². The lowest BCUT2D eigenvalue weighted by atomic mass is 9.99. The second kappa shape index (κ2) is 12.9. The molecule has 1 aliphatic heterocycles. The highest BCUT2D eigenvalue weighted by Gasteiger charge is 2.49. The molecule has 0 amide bonds. The third-order valence-corrected chi connectivity index (χ3v) is 7.04. The highest BCUT2D eigenvalue weighted by Crippen LogP contribution is 2.37. The lowest BCUT2D eigenvalue weighted by molar-refractivity contribution is -0.225. The van der Waals surface area contributed by atoms with Crippen LogP contribution in [-0.4, -0.2) is 53.5 Å². The Morgan fingerprint density at radius 1 is 0.919 bits per heavy atom. The zero-order valence-corrected chi connectivity index (χ0v) is 21.5. The van der Waals surface area contributed by atoms with Crippen LogP contribution in [0, 0.1) is 6.92 Å². The first-order valence-electron chi connectivity index (χ1n) is 12.0. The fourth-order valence-electron chi connectivity index (χ4n) is 3.92. The number of benzene rings is 3. The number of ether oxygens (including phenoxy) is 4. The van der Waals surface area contributed by atoms with Gasteiger partial charge in [0.2, 0.25) is 0 Å². The molecule has 1 saturated heterocycles. The van der Waals surface area contributed by atoms with Crippen molar-refractivity contribution in [2.75, 3.05) is 6.61 Å². The number of rotatable bonds is 9. The zero-order valence-electron chi connectivity index (χ0n) is 20.7. The summed E-state index contributed by atoms with van der Waals surface area (Å²) in [5, 5.41) is 11.3. The minimum atomic E-state index is -1.22. The Kier molecular flexibility index (Phi) is 9.35. The monoisotopic (exact) mass is 522 g/mol. The van der Waals surface area contributed by atoms with E-state index in [2.05, 4.69) is 0 Å². The van der Waals surface area contributed by atoms with E-state index in [1.54, 1.807) is 24.3 Å². The molecule has 3 aromatic carbocycles. The molecule has 4 rings (SSSR count). The van der Waals surface area contributed by atoms with Gasteiger partial charge in [0.25, 0.3) is 0 Å². The molecule has 0 bridgehead atoms. The summed E-state index contributed by atoms with van der Waals surface area (Å²) in [6.07, 6.45) is -3.98. The van der Waals surface area contributed by atoms with Gasteiger partial charge in [0.15, 0.2) is 6.10 Å². The molecule has 0 spiro atoms. The Labute approximate surface area is 220 Å². The van der Waals surface area contributed by atoms with Crippen LogP contribution in [0.25, 0.3) is 0 Å². The minimum absolute atomic E-state index is 0.161. The fraction of sp³-hybridized carbons (Fsp3) is 0.310. The van der Waals surface area contributed by atoms with E-state index in [1.165, 1.54) is 18.7 Å². The molecule has 3 unspecified atom stereocenters. The van der Waals surface area contributed by atoms with Gasteiger partial charge >= 0.3 is 11.9 Å². The van der Waals surface area contributed by atoms with Gasteiger partial charge in [0.05, 0.1) is 12.2 Å². The molecule has 3 aromatic rings. The van der Waals surface area contributed by atoms with E-state index in [0.717, 1.165) is 16.0 Å². The third kappa shape index (κ3) is 7.42. The van der Waals surface area contributed by atoms with Crippen LogP contribution < -0.4 is 0 Å². The van der Waals surface area contributed by atoms with E-state index in [9.17, 15) is 14.7 Å². The van der Waals surface area contributed by atoms with Gasteiger partial charge in [0, 0.05) is 11.8 Å². The average molecular weight is 523 g/mol. The van der Waals surface area contributed by atoms with Crippen molar-refractivity contribution in [2.24, 2.45) is 0 Å². The van der Waals surface area contributed by atoms with Crippen LogP contribution in [0.1, 0.15) is 28.4 Å². The van der Waals surface area contributed by atoms with E-state index in [4.69, 9.17) is 18.9 Å². The second-order valence-electron chi connectivity index (χ2n) is 8.76. The van der Waals surface area contributed by atoms with Gasteiger partial charge in [0.1, 0.15) is 30.4 Å². The first kappa shape index (κ1) is 26.9. The number of aliphatic hydroxyl groups is 1. The van der Waals surface area contributed by atoms with Gasteiger partial charge in [-0.2, -0.15) is 0 Å². The van der Waals surface area contributed by atoms with Crippen molar-refractivity contribution in [1.29, 1.82) is 0 Å². The van der Waals surface area contributed by atoms with Crippen LogP contribution in [0.3, 0.4) is 0 Å². The summed E-state index contributed by atoms with van der Waals surface area (Å²) in [7, 11) is 0. The van der Waals surface area contributed by atoms with Crippen LogP contribution in [0.2, 0.25) is 0 Å². The molecule has 1 fully saturated rings. The average Bonchev–Trinajstić information content (AvgIpc) is 2.91. The zero-order chi connectivity index (χ0) is 26.2. The molecule has 5 atom stereocenters. The van der Waals surface area contributed by atoms with Gasteiger partial charge in [-0.15, -0.1) is 0 Å². The largest absolute Gasteiger partial charge is 0.463 e. The predicted octanol–water partition coefficient (Wildman–Crippen LogP) is 4.55. The fourth-order valence-corrected chi connectivity index (χ4v) is 5.03. The Balaban J connectivity index is 1.64. The molecule has 8 heteroatoms. The van der Waals surface area contributed by atoms with Crippen LogP contribution in [-0.2, 0) is 30.3 Å². The van der Waals surface area contributed by atoms with Crippen molar-refractivity contribution >= 4 is 23.7 Å². The van der Waals surface area contributed by atoms with Crippen LogP contribution >= 0.6 is 11.8 Å². The highest BCUT2D eigenvalue weighted by molar-refractivity contribution is 7.99. The lowest BCUT2D eigenvalue weighted by Crippen LogP contribution is -2.60. The molecular formula is C29H30O7S. The van der Waals surface area contributed by atoms with E-state index < -0.39 is 41.8 Å². The number of aryl methyl sites for hydroxylation is 1. The SMILES string of the molecule is CC(=O)OCC1O[C@@H](Sc2ccc(C)cc2)C(OC(=O)c2ccccc2)C(OCc2ccccc2)[C@@H]1O. The van der Waals surface area contributed by atoms with Gasteiger partial charge in [-0.05, 0) is 36.8 Å². The first-order valence-corrected chi connectivity index (χ1v) is 12.9. The van der Waals surface area contributed by atoms with Gasteiger partial charge < -0.3 is 24.1 Å². The quantitative estimate of drug-likeness (QED) is 0.410. The summed E-state index contributed by atoms with van der Waals surface area (Å²) in [5.74, 6) is -1.04. The second-order valence-corrected chi connectivity index (χ2v) is 9.94. The molecule has 7 nitrogen and oxygen atoms in total.